The van der Waals surface area contributed by atoms with Crippen LogP contribution in [0.4, 0.5) is 0 Å². The molecule has 0 bridgehead atoms. The zero-order valence-electron chi connectivity index (χ0n) is 15.0. The third-order valence-electron chi connectivity index (χ3n) is 3.50. The number of amides is 1. The van der Waals surface area contributed by atoms with Gasteiger partial charge in [0.05, 0.1) is 6.61 Å². The van der Waals surface area contributed by atoms with Gasteiger partial charge in [-0.15, -0.1) is 0 Å². The zero-order chi connectivity index (χ0) is 19.5. The molecule has 1 N–H and O–H groups in total. The molecule has 0 saturated heterocycles. The average molecular weight is 371 g/mol. The summed E-state index contributed by atoms with van der Waals surface area (Å²) in [4.78, 5) is 35.3. The normalized spacial score (nSPS) is 10.1. The Morgan fingerprint density at radius 2 is 1.56 bits per heavy atom. The number of esters is 1. The standard InChI is InChI=1S/C20H21NO6/c1-25-12-11-21-18(22)13-27-19(23)14-26-17-9-7-16(8-10-17)20(24)15-5-3-2-4-6-15/h2-10H,11-14H2,1H3,(H,21,22). The molecule has 0 unspecified atom stereocenters. The van der Waals surface area contributed by atoms with Gasteiger partial charge < -0.3 is 19.5 Å². The van der Waals surface area contributed by atoms with Gasteiger partial charge in [0.25, 0.3) is 5.91 Å². The van der Waals surface area contributed by atoms with Crippen LogP contribution < -0.4 is 10.1 Å². The fourth-order valence-electron chi connectivity index (χ4n) is 2.13. The van der Waals surface area contributed by atoms with Crippen molar-refractivity contribution in [3.8, 4) is 5.75 Å². The van der Waals surface area contributed by atoms with Crippen LogP contribution in [0.1, 0.15) is 15.9 Å². The average Bonchev–Trinajstić information content (AvgIpc) is 2.71. The molecule has 0 aromatic heterocycles. The molecule has 142 valence electrons. The van der Waals surface area contributed by atoms with Crippen LogP contribution in [0.3, 0.4) is 0 Å². The monoisotopic (exact) mass is 371 g/mol. The van der Waals surface area contributed by atoms with E-state index in [1.54, 1.807) is 48.5 Å². The van der Waals surface area contributed by atoms with E-state index >= 15 is 0 Å². The van der Waals surface area contributed by atoms with E-state index in [4.69, 9.17) is 14.2 Å². The molecule has 1 amide bonds. The number of hydrogen-bond donors (Lipinski definition) is 1. The summed E-state index contributed by atoms with van der Waals surface area (Å²) in [6, 6.07) is 15.4. The Morgan fingerprint density at radius 3 is 2.22 bits per heavy atom. The van der Waals surface area contributed by atoms with Crippen molar-refractivity contribution in [2.75, 3.05) is 33.5 Å². The fraction of sp³-hybridized carbons (Fsp3) is 0.250. The van der Waals surface area contributed by atoms with Gasteiger partial charge in [0.1, 0.15) is 5.75 Å². The molecule has 0 aliphatic heterocycles. The van der Waals surface area contributed by atoms with Crippen LogP contribution in [0.15, 0.2) is 54.6 Å². The summed E-state index contributed by atoms with van der Waals surface area (Å²) in [5, 5.41) is 2.53. The number of ketones is 1. The Balaban J connectivity index is 1.75. The number of ether oxygens (including phenoxy) is 3. The molecule has 2 rings (SSSR count). The van der Waals surface area contributed by atoms with Crippen molar-refractivity contribution < 1.29 is 28.6 Å². The highest BCUT2D eigenvalue weighted by atomic mass is 16.6. The maximum Gasteiger partial charge on any atom is 0.344 e. The molecule has 2 aromatic rings. The van der Waals surface area contributed by atoms with Crippen molar-refractivity contribution in [1.82, 2.24) is 5.32 Å². The lowest BCUT2D eigenvalue weighted by Gasteiger charge is -2.08. The second-order valence-electron chi connectivity index (χ2n) is 5.51. The van der Waals surface area contributed by atoms with E-state index < -0.39 is 11.9 Å². The van der Waals surface area contributed by atoms with Crippen LogP contribution in [-0.2, 0) is 19.1 Å². The third kappa shape index (κ3) is 6.91. The van der Waals surface area contributed by atoms with E-state index in [1.807, 2.05) is 6.07 Å². The van der Waals surface area contributed by atoms with Crippen LogP contribution in [0.5, 0.6) is 5.75 Å². The van der Waals surface area contributed by atoms with Crippen molar-refractivity contribution in [2.45, 2.75) is 0 Å². The molecule has 0 heterocycles. The van der Waals surface area contributed by atoms with Gasteiger partial charge in [0.2, 0.25) is 0 Å². The smallest absolute Gasteiger partial charge is 0.344 e. The maximum absolute atomic E-state index is 12.3. The maximum atomic E-state index is 12.3. The van der Waals surface area contributed by atoms with Crippen LogP contribution in [-0.4, -0.2) is 51.1 Å². The highest BCUT2D eigenvalue weighted by Crippen LogP contribution is 2.15. The number of benzene rings is 2. The first-order valence-corrected chi connectivity index (χ1v) is 8.34. The number of hydrogen-bond acceptors (Lipinski definition) is 6. The van der Waals surface area contributed by atoms with E-state index in [0.717, 1.165) is 0 Å². The van der Waals surface area contributed by atoms with Crippen molar-refractivity contribution in [3.63, 3.8) is 0 Å². The second-order valence-corrected chi connectivity index (χ2v) is 5.51. The highest BCUT2D eigenvalue weighted by molar-refractivity contribution is 6.08. The second kappa shape index (κ2) is 10.7. The number of nitrogens with one attached hydrogen (secondary N) is 1. The lowest BCUT2D eigenvalue weighted by Crippen LogP contribution is -2.32. The minimum atomic E-state index is -0.665. The molecule has 0 aliphatic rings. The van der Waals surface area contributed by atoms with Crippen LogP contribution in [0.25, 0.3) is 0 Å². The molecule has 0 fully saturated rings. The quantitative estimate of drug-likeness (QED) is 0.388. The van der Waals surface area contributed by atoms with Gasteiger partial charge in [0.15, 0.2) is 19.0 Å². The molecule has 7 nitrogen and oxygen atoms in total. The van der Waals surface area contributed by atoms with Gasteiger partial charge in [0, 0.05) is 24.8 Å². The summed E-state index contributed by atoms with van der Waals surface area (Å²) in [6.07, 6.45) is 0. The molecule has 0 spiro atoms. The minimum Gasteiger partial charge on any atom is -0.482 e. The first-order chi connectivity index (χ1) is 13.1. The van der Waals surface area contributed by atoms with Crippen LogP contribution >= 0.6 is 0 Å². The Bertz CT molecular complexity index is 758. The fourth-order valence-corrected chi connectivity index (χ4v) is 2.13. The van der Waals surface area contributed by atoms with Crippen LogP contribution in [0, 0.1) is 0 Å². The Labute approximate surface area is 157 Å². The lowest BCUT2D eigenvalue weighted by atomic mass is 10.0. The molecule has 0 saturated carbocycles. The van der Waals surface area contributed by atoms with Crippen molar-refractivity contribution >= 4 is 17.7 Å². The van der Waals surface area contributed by atoms with E-state index in [9.17, 15) is 14.4 Å². The van der Waals surface area contributed by atoms with E-state index in [2.05, 4.69) is 5.32 Å². The molecule has 27 heavy (non-hydrogen) atoms. The van der Waals surface area contributed by atoms with Crippen LogP contribution in [0.2, 0.25) is 0 Å². The lowest BCUT2D eigenvalue weighted by molar-refractivity contribution is -0.150. The molecule has 0 aliphatic carbocycles. The van der Waals surface area contributed by atoms with Crippen molar-refractivity contribution in [3.05, 3.63) is 65.7 Å². The number of methoxy groups -OCH3 is 1. The molecule has 7 heteroatoms. The summed E-state index contributed by atoms with van der Waals surface area (Å²) in [5.41, 5.74) is 1.11. The minimum absolute atomic E-state index is 0.0963. The molecule has 2 aromatic carbocycles. The Hall–Kier alpha value is -3.19. The summed E-state index contributed by atoms with van der Waals surface area (Å²) >= 11 is 0. The summed E-state index contributed by atoms with van der Waals surface area (Å²) in [6.45, 7) is 0.0107. The summed E-state index contributed by atoms with van der Waals surface area (Å²) < 4.78 is 14.9. The molecule has 0 radical (unpaired) electrons. The number of rotatable bonds is 10. The molecular weight excluding hydrogens is 350 g/mol. The van der Waals surface area contributed by atoms with Gasteiger partial charge in [-0.1, -0.05) is 30.3 Å². The third-order valence-corrected chi connectivity index (χ3v) is 3.50. The molecular formula is C20H21NO6. The highest BCUT2D eigenvalue weighted by Gasteiger charge is 2.10. The van der Waals surface area contributed by atoms with E-state index in [1.165, 1.54) is 7.11 Å². The first kappa shape index (κ1) is 20.1. The van der Waals surface area contributed by atoms with Gasteiger partial charge in [-0.3, -0.25) is 9.59 Å². The van der Waals surface area contributed by atoms with Crippen molar-refractivity contribution in [1.29, 1.82) is 0 Å². The summed E-state index contributed by atoms with van der Waals surface area (Å²) in [5.74, 6) is -0.757. The van der Waals surface area contributed by atoms with Gasteiger partial charge in [-0.25, -0.2) is 4.79 Å². The van der Waals surface area contributed by atoms with E-state index in [0.29, 0.717) is 30.0 Å². The first-order valence-electron chi connectivity index (χ1n) is 8.34. The molecule has 0 atom stereocenters. The predicted octanol–water partition coefficient (Wildman–Crippen LogP) is 1.60. The number of carbonyl (C=O) groups excluding carboxylic acids is 3. The van der Waals surface area contributed by atoms with Gasteiger partial charge in [-0.05, 0) is 24.3 Å². The van der Waals surface area contributed by atoms with Gasteiger partial charge in [-0.2, -0.15) is 0 Å². The zero-order valence-corrected chi connectivity index (χ0v) is 15.0. The Kier molecular flexibility index (Phi) is 7.99. The van der Waals surface area contributed by atoms with Gasteiger partial charge >= 0.3 is 5.97 Å². The Morgan fingerprint density at radius 1 is 0.889 bits per heavy atom. The largest absolute Gasteiger partial charge is 0.482 e. The topological polar surface area (TPSA) is 90.9 Å². The van der Waals surface area contributed by atoms with Crippen molar-refractivity contribution in [2.24, 2.45) is 0 Å². The van der Waals surface area contributed by atoms with E-state index in [-0.39, 0.29) is 19.0 Å². The summed E-state index contributed by atoms with van der Waals surface area (Å²) in [7, 11) is 1.52. The predicted molar refractivity (Wildman–Crippen MR) is 97.7 cm³/mol. The number of carbonyl (C=O) groups is 3. The SMILES string of the molecule is COCCNC(=O)COC(=O)COc1ccc(C(=O)c2ccccc2)cc1.